The second kappa shape index (κ2) is 9.52. The van der Waals surface area contributed by atoms with Crippen molar-refractivity contribution in [3.63, 3.8) is 0 Å². The van der Waals surface area contributed by atoms with Gasteiger partial charge in [-0.15, -0.1) is 0 Å². The monoisotopic (exact) mass is 393 g/mol. The second-order valence-electron chi connectivity index (χ2n) is 6.43. The molecular formula is C18H27N5O3S. The zero-order chi connectivity index (χ0) is 19.9. The summed E-state index contributed by atoms with van der Waals surface area (Å²) in [6.07, 6.45) is 0. The molecule has 1 heterocycles. The Morgan fingerprint density at radius 1 is 1.15 bits per heavy atom. The first-order chi connectivity index (χ1) is 12.8. The standard InChI is InChI=1S/C18H27N5O3S/c1-13(2)17-9-16(26-23-17)11-22-18(19-3)21-10-14-5-7-15(8-6-14)12-27(24,25)20-4/h5-9,13,20H,10-12H2,1-4H3,(H2,19,21,22). The predicted octanol–water partition coefficient (Wildman–Crippen LogP) is 1.71. The molecule has 0 spiro atoms. The molecule has 27 heavy (non-hydrogen) atoms. The van der Waals surface area contributed by atoms with Crippen LogP contribution < -0.4 is 15.4 Å². The van der Waals surface area contributed by atoms with Gasteiger partial charge in [0.05, 0.1) is 18.0 Å². The number of benzene rings is 1. The molecule has 0 saturated heterocycles. The predicted molar refractivity (Wildman–Crippen MR) is 106 cm³/mol. The van der Waals surface area contributed by atoms with Crippen LogP contribution in [-0.2, 0) is 28.9 Å². The lowest BCUT2D eigenvalue weighted by Gasteiger charge is -2.11. The summed E-state index contributed by atoms with van der Waals surface area (Å²) in [6.45, 7) is 5.18. The number of rotatable bonds is 8. The summed E-state index contributed by atoms with van der Waals surface area (Å²) in [5, 5.41) is 10.4. The molecule has 1 aromatic carbocycles. The van der Waals surface area contributed by atoms with Crippen LogP contribution in [0, 0.1) is 0 Å². The highest BCUT2D eigenvalue weighted by Gasteiger charge is 2.09. The van der Waals surface area contributed by atoms with Crippen molar-refractivity contribution in [3.8, 4) is 0 Å². The normalized spacial score (nSPS) is 12.4. The SMILES string of the molecule is CN=C(NCc1ccc(CS(=O)(=O)NC)cc1)NCc1cc(C(C)C)no1. The Bertz CT molecular complexity index is 857. The minimum absolute atomic E-state index is 0.0318. The maximum Gasteiger partial charge on any atom is 0.215 e. The van der Waals surface area contributed by atoms with Gasteiger partial charge in [0.2, 0.25) is 10.0 Å². The summed E-state index contributed by atoms with van der Waals surface area (Å²) in [5.74, 6) is 1.68. The van der Waals surface area contributed by atoms with Gasteiger partial charge in [-0.05, 0) is 24.1 Å². The number of aliphatic imine (C=N–C) groups is 1. The molecule has 0 aliphatic rings. The maximum atomic E-state index is 11.6. The van der Waals surface area contributed by atoms with Crippen LogP contribution in [0.3, 0.4) is 0 Å². The van der Waals surface area contributed by atoms with E-state index in [-0.39, 0.29) is 5.75 Å². The van der Waals surface area contributed by atoms with E-state index < -0.39 is 10.0 Å². The van der Waals surface area contributed by atoms with Gasteiger partial charge < -0.3 is 15.2 Å². The average Bonchev–Trinajstić information content (AvgIpc) is 3.12. The fourth-order valence-corrected chi connectivity index (χ4v) is 3.08. The third kappa shape index (κ3) is 6.69. The molecular weight excluding hydrogens is 366 g/mol. The van der Waals surface area contributed by atoms with Crippen molar-refractivity contribution in [2.75, 3.05) is 14.1 Å². The van der Waals surface area contributed by atoms with Crippen molar-refractivity contribution in [2.45, 2.75) is 38.6 Å². The first-order valence-corrected chi connectivity index (χ1v) is 10.4. The molecule has 3 N–H and O–H groups in total. The summed E-state index contributed by atoms with van der Waals surface area (Å²) in [6, 6.07) is 9.34. The highest BCUT2D eigenvalue weighted by atomic mass is 32.2. The van der Waals surface area contributed by atoms with E-state index in [9.17, 15) is 8.42 Å². The van der Waals surface area contributed by atoms with Crippen molar-refractivity contribution in [1.29, 1.82) is 0 Å². The molecule has 0 aliphatic heterocycles. The van der Waals surface area contributed by atoms with Crippen LogP contribution in [0.5, 0.6) is 0 Å². The summed E-state index contributed by atoms with van der Waals surface area (Å²) in [4.78, 5) is 4.18. The molecule has 0 amide bonds. The number of guanidine groups is 1. The maximum absolute atomic E-state index is 11.6. The van der Waals surface area contributed by atoms with Crippen LogP contribution in [0.2, 0.25) is 0 Å². The van der Waals surface area contributed by atoms with E-state index in [0.717, 1.165) is 22.6 Å². The molecule has 0 bridgehead atoms. The third-order valence-electron chi connectivity index (χ3n) is 3.97. The van der Waals surface area contributed by atoms with Crippen molar-refractivity contribution >= 4 is 16.0 Å². The number of aromatic nitrogens is 1. The van der Waals surface area contributed by atoms with Crippen molar-refractivity contribution in [1.82, 2.24) is 20.5 Å². The summed E-state index contributed by atoms with van der Waals surface area (Å²) in [5.41, 5.74) is 2.68. The molecule has 0 unspecified atom stereocenters. The summed E-state index contributed by atoms with van der Waals surface area (Å²) >= 11 is 0. The van der Waals surface area contributed by atoms with Gasteiger partial charge in [-0.25, -0.2) is 13.1 Å². The fraction of sp³-hybridized carbons (Fsp3) is 0.444. The van der Waals surface area contributed by atoms with Crippen LogP contribution in [0.15, 0.2) is 39.8 Å². The summed E-state index contributed by atoms with van der Waals surface area (Å²) in [7, 11) is -0.155. The number of hydrogen-bond acceptors (Lipinski definition) is 5. The van der Waals surface area contributed by atoms with Crippen LogP contribution in [0.25, 0.3) is 0 Å². The molecule has 0 radical (unpaired) electrons. The van der Waals surface area contributed by atoms with E-state index in [2.05, 4.69) is 39.4 Å². The van der Waals surface area contributed by atoms with Gasteiger partial charge in [-0.1, -0.05) is 43.3 Å². The summed E-state index contributed by atoms with van der Waals surface area (Å²) < 4.78 is 30.8. The smallest absolute Gasteiger partial charge is 0.215 e. The fourth-order valence-electron chi connectivity index (χ4n) is 2.31. The Morgan fingerprint density at radius 3 is 2.33 bits per heavy atom. The van der Waals surface area contributed by atoms with Crippen LogP contribution in [0.1, 0.15) is 42.3 Å². The van der Waals surface area contributed by atoms with Gasteiger partial charge in [-0.3, -0.25) is 4.99 Å². The molecule has 1 aromatic heterocycles. The third-order valence-corrected chi connectivity index (χ3v) is 5.31. The lowest BCUT2D eigenvalue weighted by atomic mass is 10.1. The van der Waals surface area contributed by atoms with E-state index in [0.29, 0.717) is 25.0 Å². The Morgan fingerprint density at radius 2 is 1.78 bits per heavy atom. The Kier molecular flexibility index (Phi) is 7.37. The van der Waals surface area contributed by atoms with Gasteiger partial charge in [-0.2, -0.15) is 0 Å². The van der Waals surface area contributed by atoms with Crippen molar-refractivity contribution in [3.05, 3.63) is 52.9 Å². The second-order valence-corrected chi connectivity index (χ2v) is 8.36. The Hall–Kier alpha value is -2.39. The molecule has 2 rings (SSSR count). The molecule has 148 valence electrons. The topological polar surface area (TPSA) is 109 Å². The zero-order valence-corrected chi connectivity index (χ0v) is 16.9. The van der Waals surface area contributed by atoms with E-state index >= 15 is 0 Å². The first-order valence-electron chi connectivity index (χ1n) is 8.72. The molecule has 0 saturated carbocycles. The van der Waals surface area contributed by atoms with Gasteiger partial charge in [0.1, 0.15) is 0 Å². The van der Waals surface area contributed by atoms with Gasteiger partial charge >= 0.3 is 0 Å². The Labute approximate surface area is 160 Å². The lowest BCUT2D eigenvalue weighted by molar-refractivity contribution is 0.372. The molecule has 9 heteroatoms. The highest BCUT2D eigenvalue weighted by molar-refractivity contribution is 7.88. The van der Waals surface area contributed by atoms with E-state index in [4.69, 9.17) is 4.52 Å². The number of nitrogens with zero attached hydrogens (tertiary/aromatic N) is 2. The molecule has 2 aromatic rings. The quantitative estimate of drug-likeness (QED) is 0.465. The van der Waals surface area contributed by atoms with Gasteiger partial charge in [0.15, 0.2) is 11.7 Å². The van der Waals surface area contributed by atoms with Crippen LogP contribution in [0.4, 0.5) is 0 Å². The van der Waals surface area contributed by atoms with Crippen molar-refractivity contribution < 1.29 is 12.9 Å². The lowest BCUT2D eigenvalue weighted by Crippen LogP contribution is -2.36. The van der Waals surface area contributed by atoms with Gasteiger partial charge in [0, 0.05) is 19.7 Å². The Balaban J connectivity index is 1.84. The molecule has 0 fully saturated rings. The first kappa shape index (κ1) is 20.9. The van der Waals surface area contributed by atoms with Crippen LogP contribution >= 0.6 is 0 Å². The van der Waals surface area contributed by atoms with Crippen molar-refractivity contribution in [2.24, 2.45) is 4.99 Å². The average molecular weight is 394 g/mol. The highest BCUT2D eigenvalue weighted by Crippen LogP contribution is 2.13. The molecule has 0 atom stereocenters. The number of hydrogen-bond donors (Lipinski definition) is 3. The molecule has 8 nitrogen and oxygen atoms in total. The minimum Gasteiger partial charge on any atom is -0.359 e. The largest absolute Gasteiger partial charge is 0.359 e. The van der Waals surface area contributed by atoms with Crippen LogP contribution in [-0.4, -0.2) is 33.6 Å². The van der Waals surface area contributed by atoms with E-state index in [1.165, 1.54) is 7.05 Å². The van der Waals surface area contributed by atoms with E-state index in [1.807, 2.05) is 30.3 Å². The number of sulfonamides is 1. The number of nitrogens with one attached hydrogen (secondary N) is 3. The minimum atomic E-state index is -3.26. The van der Waals surface area contributed by atoms with E-state index in [1.54, 1.807) is 7.05 Å². The molecule has 0 aliphatic carbocycles. The zero-order valence-electron chi connectivity index (χ0n) is 16.1. The van der Waals surface area contributed by atoms with Gasteiger partial charge in [0.25, 0.3) is 0 Å².